The smallest absolute Gasteiger partial charge is 0.309 e. The van der Waals surface area contributed by atoms with Crippen molar-refractivity contribution in [3.8, 4) is 0 Å². The largest absolute Gasteiger partial charge is 0.466 e. The Hall–Kier alpha value is -1.43. The van der Waals surface area contributed by atoms with Gasteiger partial charge in [-0.05, 0) is 39.8 Å². The van der Waals surface area contributed by atoms with Crippen LogP contribution >= 0.6 is 0 Å². The van der Waals surface area contributed by atoms with E-state index in [1.165, 1.54) is 0 Å². The summed E-state index contributed by atoms with van der Waals surface area (Å²) >= 11 is 0. The maximum Gasteiger partial charge on any atom is 0.309 e. The van der Waals surface area contributed by atoms with Crippen LogP contribution in [0, 0.1) is 5.92 Å². The van der Waals surface area contributed by atoms with Crippen molar-refractivity contribution in [1.82, 2.24) is 15.0 Å². The summed E-state index contributed by atoms with van der Waals surface area (Å²) in [6.07, 6.45) is 1.65. The van der Waals surface area contributed by atoms with Crippen molar-refractivity contribution in [2.75, 3.05) is 19.7 Å². The summed E-state index contributed by atoms with van der Waals surface area (Å²) in [5.74, 6) is 1.34. The summed E-state index contributed by atoms with van der Waals surface area (Å²) in [5.41, 5.74) is -0.113. The standard InChI is InChI=1S/C16H27N3O3/c1-6-21-14(20)12-7-9-19(10-8-12)11(2)13-17-15(18-22-13)16(3,4)5/h11-12H,6-10H2,1-5H3. The number of nitrogens with zero attached hydrogens (tertiary/aromatic N) is 3. The molecule has 0 bridgehead atoms. The van der Waals surface area contributed by atoms with Crippen LogP contribution in [0.25, 0.3) is 0 Å². The van der Waals surface area contributed by atoms with Crippen LogP contribution in [-0.4, -0.2) is 40.7 Å². The van der Waals surface area contributed by atoms with Crippen LogP contribution in [0.1, 0.15) is 65.2 Å². The van der Waals surface area contributed by atoms with Crippen LogP contribution < -0.4 is 0 Å². The maximum atomic E-state index is 11.8. The average molecular weight is 309 g/mol. The number of ether oxygens (including phenoxy) is 1. The molecule has 2 rings (SSSR count). The summed E-state index contributed by atoms with van der Waals surface area (Å²) in [6.45, 7) is 12.3. The minimum Gasteiger partial charge on any atom is -0.466 e. The van der Waals surface area contributed by atoms with Gasteiger partial charge in [0, 0.05) is 5.41 Å². The fourth-order valence-corrected chi connectivity index (χ4v) is 2.65. The van der Waals surface area contributed by atoms with Gasteiger partial charge in [0.25, 0.3) is 0 Å². The molecule has 22 heavy (non-hydrogen) atoms. The van der Waals surface area contributed by atoms with Crippen molar-refractivity contribution >= 4 is 5.97 Å². The molecule has 6 nitrogen and oxygen atoms in total. The lowest BCUT2D eigenvalue weighted by molar-refractivity contribution is -0.149. The molecule has 1 atom stereocenters. The number of hydrogen-bond donors (Lipinski definition) is 0. The Kier molecular flexibility index (Phi) is 5.21. The maximum absolute atomic E-state index is 11.8. The van der Waals surface area contributed by atoms with Crippen LogP contribution in [0.3, 0.4) is 0 Å². The first kappa shape index (κ1) is 16.9. The van der Waals surface area contributed by atoms with Gasteiger partial charge in [-0.3, -0.25) is 9.69 Å². The van der Waals surface area contributed by atoms with Crippen molar-refractivity contribution in [3.05, 3.63) is 11.7 Å². The Bertz CT molecular complexity index is 499. The molecule has 0 N–H and O–H groups in total. The fraction of sp³-hybridized carbons (Fsp3) is 0.812. The van der Waals surface area contributed by atoms with Crippen LogP contribution in [0.4, 0.5) is 0 Å². The molecule has 0 aromatic carbocycles. The third-order valence-electron chi connectivity index (χ3n) is 4.17. The summed E-state index contributed by atoms with van der Waals surface area (Å²) in [4.78, 5) is 18.6. The second-order valence-electron chi connectivity index (χ2n) is 6.94. The van der Waals surface area contributed by atoms with Gasteiger partial charge in [-0.25, -0.2) is 0 Å². The molecule has 0 spiro atoms. The molecule has 0 aliphatic carbocycles. The highest BCUT2D eigenvalue weighted by Gasteiger charge is 2.31. The first-order chi connectivity index (χ1) is 10.3. The highest BCUT2D eigenvalue weighted by Crippen LogP contribution is 2.28. The van der Waals surface area contributed by atoms with Crippen molar-refractivity contribution < 1.29 is 14.1 Å². The topological polar surface area (TPSA) is 68.5 Å². The molecule has 2 heterocycles. The Labute approximate surface area is 132 Å². The van der Waals surface area contributed by atoms with Gasteiger partial charge in [-0.1, -0.05) is 25.9 Å². The number of hydrogen-bond acceptors (Lipinski definition) is 6. The number of likely N-dealkylation sites (tertiary alicyclic amines) is 1. The van der Waals surface area contributed by atoms with E-state index in [4.69, 9.17) is 9.26 Å². The van der Waals surface area contributed by atoms with Gasteiger partial charge in [0.05, 0.1) is 18.6 Å². The van der Waals surface area contributed by atoms with Crippen LogP contribution in [0.2, 0.25) is 0 Å². The Morgan fingerprint density at radius 1 is 1.41 bits per heavy atom. The molecular weight excluding hydrogens is 282 g/mol. The molecule has 1 aromatic heterocycles. The third-order valence-corrected chi connectivity index (χ3v) is 4.17. The lowest BCUT2D eigenvalue weighted by Crippen LogP contribution is -2.38. The van der Waals surface area contributed by atoms with Crippen LogP contribution in [-0.2, 0) is 14.9 Å². The second-order valence-corrected chi connectivity index (χ2v) is 6.94. The Balaban J connectivity index is 1.93. The molecule has 0 saturated carbocycles. The van der Waals surface area contributed by atoms with E-state index in [0.29, 0.717) is 12.5 Å². The van der Waals surface area contributed by atoms with Crippen molar-refractivity contribution in [2.24, 2.45) is 5.92 Å². The first-order valence-corrected chi connectivity index (χ1v) is 8.07. The number of rotatable bonds is 4. The van der Waals surface area contributed by atoms with E-state index in [9.17, 15) is 4.79 Å². The number of piperidine rings is 1. The van der Waals surface area contributed by atoms with E-state index in [2.05, 4.69) is 42.7 Å². The Morgan fingerprint density at radius 2 is 2.05 bits per heavy atom. The van der Waals surface area contributed by atoms with Gasteiger partial charge in [0.15, 0.2) is 5.82 Å². The van der Waals surface area contributed by atoms with Gasteiger partial charge < -0.3 is 9.26 Å². The molecule has 124 valence electrons. The van der Waals surface area contributed by atoms with E-state index in [0.717, 1.165) is 31.8 Å². The van der Waals surface area contributed by atoms with Gasteiger partial charge in [-0.2, -0.15) is 4.98 Å². The molecule has 1 aliphatic heterocycles. The molecule has 1 saturated heterocycles. The molecular formula is C16H27N3O3. The van der Waals surface area contributed by atoms with Gasteiger partial charge in [-0.15, -0.1) is 0 Å². The van der Waals surface area contributed by atoms with Crippen molar-refractivity contribution in [1.29, 1.82) is 0 Å². The van der Waals surface area contributed by atoms with Gasteiger partial charge >= 0.3 is 5.97 Å². The minimum absolute atomic E-state index is 0.0243. The zero-order chi connectivity index (χ0) is 16.3. The highest BCUT2D eigenvalue weighted by molar-refractivity contribution is 5.72. The molecule has 1 unspecified atom stereocenters. The summed E-state index contributed by atoms with van der Waals surface area (Å²) in [7, 11) is 0. The second kappa shape index (κ2) is 6.77. The van der Waals surface area contributed by atoms with E-state index in [1.807, 2.05) is 6.92 Å². The van der Waals surface area contributed by atoms with Gasteiger partial charge in [0.2, 0.25) is 5.89 Å². The zero-order valence-corrected chi connectivity index (χ0v) is 14.3. The summed E-state index contributed by atoms with van der Waals surface area (Å²) < 4.78 is 10.5. The molecule has 1 fully saturated rings. The normalized spacial score (nSPS) is 19.1. The minimum atomic E-state index is -0.113. The average Bonchev–Trinajstić information content (AvgIpc) is 2.97. The number of esters is 1. The number of carbonyl (C=O) groups excluding carboxylic acids is 1. The lowest BCUT2D eigenvalue weighted by atomic mass is 9.95. The van der Waals surface area contributed by atoms with Crippen LogP contribution in [0.5, 0.6) is 0 Å². The van der Waals surface area contributed by atoms with E-state index < -0.39 is 0 Å². The molecule has 6 heteroatoms. The molecule has 0 amide bonds. The predicted octanol–water partition coefficient (Wildman–Crippen LogP) is 2.70. The predicted molar refractivity (Wildman–Crippen MR) is 82.3 cm³/mol. The van der Waals surface area contributed by atoms with Crippen LogP contribution in [0.15, 0.2) is 4.52 Å². The number of aromatic nitrogens is 2. The van der Waals surface area contributed by atoms with Crippen molar-refractivity contribution in [2.45, 2.75) is 58.9 Å². The van der Waals surface area contributed by atoms with Crippen molar-refractivity contribution in [3.63, 3.8) is 0 Å². The monoisotopic (exact) mass is 309 g/mol. The summed E-state index contributed by atoms with van der Waals surface area (Å²) in [6, 6.07) is 0.0757. The molecule has 0 radical (unpaired) electrons. The summed E-state index contributed by atoms with van der Waals surface area (Å²) in [5, 5.41) is 4.08. The first-order valence-electron chi connectivity index (χ1n) is 8.07. The molecule has 1 aromatic rings. The molecule has 1 aliphatic rings. The fourth-order valence-electron chi connectivity index (χ4n) is 2.65. The van der Waals surface area contributed by atoms with E-state index in [-0.39, 0.29) is 23.3 Å². The SMILES string of the molecule is CCOC(=O)C1CCN(C(C)c2nc(C(C)(C)C)no2)CC1. The quantitative estimate of drug-likeness (QED) is 0.797. The third kappa shape index (κ3) is 3.85. The van der Waals surface area contributed by atoms with Gasteiger partial charge in [0.1, 0.15) is 0 Å². The zero-order valence-electron chi connectivity index (χ0n) is 14.3. The lowest BCUT2D eigenvalue weighted by Gasteiger charge is -2.33. The van der Waals surface area contributed by atoms with E-state index >= 15 is 0 Å². The number of carbonyl (C=O) groups is 1. The Morgan fingerprint density at radius 3 is 2.55 bits per heavy atom. The highest BCUT2D eigenvalue weighted by atomic mass is 16.5. The van der Waals surface area contributed by atoms with E-state index in [1.54, 1.807) is 0 Å².